The molecule has 2 aliphatic heterocycles. The van der Waals surface area contributed by atoms with E-state index in [9.17, 15) is 4.79 Å². The minimum absolute atomic E-state index is 0.142. The number of carbonyl (C=O) groups is 1. The Bertz CT molecular complexity index is 1160. The number of nitrogens with one attached hydrogen (secondary N) is 1. The number of fused-ring (bicyclic) bond motifs is 1. The predicted molar refractivity (Wildman–Crippen MR) is 128 cm³/mol. The number of carbonyl (C=O) groups excluding carboxylic acids is 1. The summed E-state index contributed by atoms with van der Waals surface area (Å²) in [6.07, 6.45) is 3.67. The first kappa shape index (κ1) is 19.4. The SMILES string of the molecule is CN1CCN(c2ccc(-c3coc4ccc(/C=C5\SC(=S)NC5=O)cc34)cc2)CC1. The molecule has 0 atom stereocenters. The van der Waals surface area contributed by atoms with Gasteiger partial charge in [-0.25, -0.2) is 0 Å². The van der Waals surface area contributed by atoms with Gasteiger partial charge in [0.15, 0.2) is 0 Å². The van der Waals surface area contributed by atoms with Gasteiger partial charge in [0.05, 0.1) is 11.2 Å². The Morgan fingerprint density at radius 1 is 1.10 bits per heavy atom. The van der Waals surface area contributed by atoms with Crippen molar-refractivity contribution in [3.63, 3.8) is 0 Å². The second kappa shape index (κ2) is 7.91. The molecule has 1 aromatic heterocycles. The van der Waals surface area contributed by atoms with E-state index in [4.69, 9.17) is 16.6 Å². The van der Waals surface area contributed by atoms with Gasteiger partial charge in [0.1, 0.15) is 9.90 Å². The fourth-order valence-electron chi connectivity index (χ4n) is 3.85. The van der Waals surface area contributed by atoms with E-state index >= 15 is 0 Å². The number of nitrogens with zero attached hydrogens (tertiary/aromatic N) is 2. The van der Waals surface area contributed by atoms with Crippen molar-refractivity contribution in [3.05, 3.63) is 59.2 Å². The highest BCUT2D eigenvalue weighted by Crippen LogP contribution is 2.34. The van der Waals surface area contributed by atoms with E-state index < -0.39 is 0 Å². The van der Waals surface area contributed by atoms with Crippen LogP contribution in [0.1, 0.15) is 5.56 Å². The molecule has 0 spiro atoms. The topological polar surface area (TPSA) is 48.7 Å². The number of likely N-dealkylation sites (N-methyl/N-ethyl adjacent to an activating group) is 1. The van der Waals surface area contributed by atoms with Crippen LogP contribution in [0.2, 0.25) is 0 Å². The molecule has 5 nitrogen and oxygen atoms in total. The van der Waals surface area contributed by atoms with Crippen molar-refractivity contribution in [2.45, 2.75) is 0 Å². The molecule has 5 rings (SSSR count). The van der Waals surface area contributed by atoms with E-state index in [0.29, 0.717) is 9.23 Å². The van der Waals surface area contributed by atoms with Crippen LogP contribution in [0.25, 0.3) is 28.2 Å². The van der Waals surface area contributed by atoms with Crippen LogP contribution in [0.3, 0.4) is 0 Å². The molecular formula is C23H21N3O2S2. The zero-order chi connectivity index (χ0) is 20.7. The van der Waals surface area contributed by atoms with E-state index in [1.165, 1.54) is 17.4 Å². The van der Waals surface area contributed by atoms with Gasteiger partial charge in [-0.05, 0) is 48.5 Å². The van der Waals surface area contributed by atoms with Crippen molar-refractivity contribution < 1.29 is 9.21 Å². The first-order chi connectivity index (χ1) is 14.6. The molecule has 0 radical (unpaired) electrons. The van der Waals surface area contributed by atoms with Crippen LogP contribution in [0.5, 0.6) is 0 Å². The average Bonchev–Trinajstić information content (AvgIpc) is 3.31. The van der Waals surface area contributed by atoms with Gasteiger partial charge in [-0.15, -0.1) is 0 Å². The molecule has 2 aromatic carbocycles. The van der Waals surface area contributed by atoms with E-state index in [-0.39, 0.29) is 5.91 Å². The Labute approximate surface area is 184 Å². The van der Waals surface area contributed by atoms with Crippen LogP contribution in [0.15, 0.2) is 58.1 Å². The van der Waals surface area contributed by atoms with Crippen molar-refractivity contribution in [3.8, 4) is 11.1 Å². The molecule has 0 bridgehead atoms. The smallest absolute Gasteiger partial charge is 0.263 e. The summed E-state index contributed by atoms with van der Waals surface area (Å²) in [5.74, 6) is -0.142. The Hall–Kier alpha value is -2.61. The number of hydrogen-bond acceptors (Lipinski definition) is 6. The van der Waals surface area contributed by atoms with Crippen LogP contribution in [-0.4, -0.2) is 48.4 Å². The molecule has 3 aromatic rings. The van der Waals surface area contributed by atoms with Crippen LogP contribution < -0.4 is 10.2 Å². The minimum Gasteiger partial charge on any atom is -0.464 e. The van der Waals surface area contributed by atoms with Crippen molar-refractivity contribution in [1.29, 1.82) is 0 Å². The molecule has 3 heterocycles. The van der Waals surface area contributed by atoms with Gasteiger partial charge in [-0.1, -0.05) is 42.2 Å². The molecule has 30 heavy (non-hydrogen) atoms. The zero-order valence-electron chi connectivity index (χ0n) is 16.6. The molecule has 1 N–H and O–H groups in total. The third-order valence-corrected chi connectivity index (χ3v) is 6.75. The number of furan rings is 1. The molecule has 0 unspecified atom stereocenters. The maximum absolute atomic E-state index is 12.0. The van der Waals surface area contributed by atoms with E-state index in [2.05, 4.69) is 52.5 Å². The highest BCUT2D eigenvalue weighted by atomic mass is 32.2. The number of rotatable bonds is 3. The van der Waals surface area contributed by atoms with Crippen LogP contribution in [0.4, 0.5) is 5.69 Å². The van der Waals surface area contributed by atoms with Gasteiger partial charge in [-0.2, -0.15) is 0 Å². The maximum atomic E-state index is 12.0. The summed E-state index contributed by atoms with van der Waals surface area (Å²) in [5.41, 5.74) is 5.20. The molecule has 152 valence electrons. The van der Waals surface area contributed by atoms with Gasteiger partial charge in [0, 0.05) is 42.8 Å². The van der Waals surface area contributed by atoms with Gasteiger partial charge in [0.25, 0.3) is 5.91 Å². The molecule has 2 saturated heterocycles. The highest BCUT2D eigenvalue weighted by Gasteiger charge is 2.22. The summed E-state index contributed by atoms with van der Waals surface area (Å²) < 4.78 is 6.28. The summed E-state index contributed by atoms with van der Waals surface area (Å²) in [6.45, 7) is 4.29. The number of anilines is 1. The summed E-state index contributed by atoms with van der Waals surface area (Å²) in [7, 11) is 2.17. The Morgan fingerprint density at radius 2 is 1.87 bits per heavy atom. The van der Waals surface area contributed by atoms with Crippen LogP contribution in [-0.2, 0) is 4.79 Å². The van der Waals surface area contributed by atoms with Crippen LogP contribution >= 0.6 is 24.0 Å². The molecule has 2 aliphatic rings. The number of hydrogen-bond donors (Lipinski definition) is 1. The summed E-state index contributed by atoms with van der Waals surface area (Å²) in [5, 5.41) is 3.68. The molecule has 7 heteroatoms. The van der Waals surface area contributed by atoms with Crippen molar-refractivity contribution >= 4 is 56.9 Å². The second-order valence-electron chi connectivity index (χ2n) is 7.59. The van der Waals surface area contributed by atoms with Gasteiger partial charge < -0.3 is 19.5 Å². The quantitative estimate of drug-likeness (QED) is 0.488. The van der Waals surface area contributed by atoms with Gasteiger partial charge >= 0.3 is 0 Å². The minimum atomic E-state index is -0.142. The fraction of sp³-hybridized carbons (Fsp3) is 0.217. The maximum Gasteiger partial charge on any atom is 0.263 e. The second-order valence-corrected chi connectivity index (χ2v) is 9.31. The molecule has 1 amide bonds. The first-order valence-electron chi connectivity index (χ1n) is 9.87. The highest BCUT2D eigenvalue weighted by molar-refractivity contribution is 8.26. The van der Waals surface area contributed by atoms with E-state index in [1.54, 1.807) is 6.26 Å². The summed E-state index contributed by atoms with van der Waals surface area (Å²) >= 11 is 6.36. The van der Waals surface area contributed by atoms with Crippen LogP contribution in [0, 0.1) is 0 Å². The lowest BCUT2D eigenvalue weighted by molar-refractivity contribution is -0.115. The van der Waals surface area contributed by atoms with Gasteiger partial charge in [-0.3, -0.25) is 4.79 Å². The van der Waals surface area contributed by atoms with Crippen molar-refractivity contribution in [2.75, 3.05) is 38.1 Å². The lowest BCUT2D eigenvalue weighted by Gasteiger charge is -2.34. The molecule has 0 saturated carbocycles. The Kier molecular flexibility index (Phi) is 5.10. The average molecular weight is 436 g/mol. The van der Waals surface area contributed by atoms with Crippen molar-refractivity contribution in [2.24, 2.45) is 0 Å². The van der Waals surface area contributed by atoms with E-state index in [1.807, 2.05) is 18.2 Å². The standard InChI is InChI=1S/C23H21N3O2S2/c1-25-8-10-26(11-9-25)17-5-3-16(4-6-17)19-14-28-20-7-2-15(12-18(19)20)13-21-22(27)24-23(29)30-21/h2-7,12-14H,8-11H2,1H3,(H,24,27,29)/b21-13-. The first-order valence-corrected chi connectivity index (χ1v) is 11.1. The van der Waals surface area contributed by atoms with Crippen molar-refractivity contribution in [1.82, 2.24) is 10.2 Å². The normalized spacial score (nSPS) is 19.1. The lowest BCUT2D eigenvalue weighted by atomic mass is 10.0. The fourth-order valence-corrected chi connectivity index (χ4v) is 4.89. The third-order valence-electron chi connectivity index (χ3n) is 5.58. The lowest BCUT2D eigenvalue weighted by Crippen LogP contribution is -2.44. The molecular weight excluding hydrogens is 414 g/mol. The third kappa shape index (κ3) is 3.76. The zero-order valence-corrected chi connectivity index (χ0v) is 18.2. The number of amides is 1. The summed E-state index contributed by atoms with van der Waals surface area (Å²) in [6, 6.07) is 14.6. The van der Waals surface area contributed by atoms with E-state index in [0.717, 1.165) is 53.8 Å². The summed E-state index contributed by atoms with van der Waals surface area (Å²) in [4.78, 5) is 17.4. The molecule has 0 aliphatic carbocycles. The number of piperazine rings is 1. The predicted octanol–water partition coefficient (Wildman–Crippen LogP) is 4.34. The Morgan fingerprint density at radius 3 is 2.57 bits per heavy atom. The van der Waals surface area contributed by atoms with Gasteiger partial charge in [0.2, 0.25) is 0 Å². The number of benzene rings is 2. The largest absolute Gasteiger partial charge is 0.464 e. The number of thiocarbonyl (C=S) groups is 1. The monoisotopic (exact) mass is 435 g/mol. The number of thioether (sulfide) groups is 1. The molecule has 2 fully saturated rings. The Balaban J connectivity index is 1.44.